The van der Waals surface area contributed by atoms with Crippen LogP contribution in [0, 0.1) is 5.82 Å². The normalized spacial score (nSPS) is 10.7. The third-order valence-corrected chi connectivity index (χ3v) is 5.99. The highest BCUT2D eigenvalue weighted by Crippen LogP contribution is 2.31. The van der Waals surface area contributed by atoms with Crippen molar-refractivity contribution < 1.29 is 13.9 Å². The van der Waals surface area contributed by atoms with E-state index in [1.165, 1.54) is 23.5 Å². The number of carbonyl (C=O) groups excluding carboxylic acids is 1. The molecule has 0 unspecified atom stereocenters. The Bertz CT molecular complexity index is 1170. The molecule has 6 nitrogen and oxygen atoms in total. The number of halogens is 2. The fourth-order valence-electron chi connectivity index (χ4n) is 3.33. The molecule has 9 heteroatoms. The van der Waals surface area contributed by atoms with E-state index in [1.807, 2.05) is 22.9 Å². The molecule has 0 N–H and O–H groups in total. The Hall–Kier alpha value is -2.97. The van der Waals surface area contributed by atoms with Crippen LogP contribution < -0.4 is 9.64 Å². The number of para-hydroxylation sites is 2. The molecule has 0 spiro atoms. The Balaban J connectivity index is 0.00000289. The number of benzene rings is 2. The van der Waals surface area contributed by atoms with Crippen molar-refractivity contribution in [1.82, 2.24) is 14.5 Å². The summed E-state index contributed by atoms with van der Waals surface area (Å²) in [6, 6.07) is 12.2. The first-order valence-electron chi connectivity index (χ1n) is 10.2. The molecule has 2 aromatic heterocycles. The van der Waals surface area contributed by atoms with E-state index in [0.717, 1.165) is 35.2 Å². The lowest BCUT2D eigenvalue weighted by molar-refractivity contribution is -0.120. The number of nitrogens with zero attached hydrogens (tertiary/aromatic N) is 4. The van der Waals surface area contributed by atoms with E-state index in [9.17, 15) is 9.18 Å². The van der Waals surface area contributed by atoms with Gasteiger partial charge in [-0.1, -0.05) is 42.5 Å². The van der Waals surface area contributed by atoms with Crippen molar-refractivity contribution in [2.24, 2.45) is 0 Å². The molecular weight excluding hydrogens is 451 g/mol. The van der Waals surface area contributed by atoms with Crippen molar-refractivity contribution in [3.8, 4) is 5.75 Å². The van der Waals surface area contributed by atoms with Crippen LogP contribution in [-0.2, 0) is 17.8 Å². The van der Waals surface area contributed by atoms with Gasteiger partial charge in [0.05, 0.1) is 16.5 Å². The van der Waals surface area contributed by atoms with E-state index in [-0.39, 0.29) is 30.7 Å². The van der Waals surface area contributed by atoms with E-state index >= 15 is 0 Å². The minimum atomic E-state index is -0.491. The number of rotatable bonds is 9. The Morgan fingerprint density at radius 3 is 2.81 bits per heavy atom. The van der Waals surface area contributed by atoms with Crippen LogP contribution in [0.15, 0.2) is 61.2 Å². The topological polar surface area (TPSA) is 60.2 Å². The van der Waals surface area contributed by atoms with E-state index in [1.54, 1.807) is 29.6 Å². The number of carbonyl (C=O) groups is 1. The van der Waals surface area contributed by atoms with E-state index < -0.39 is 5.82 Å². The fraction of sp³-hybridized carbons (Fsp3) is 0.261. The van der Waals surface area contributed by atoms with Crippen LogP contribution in [0.5, 0.6) is 5.75 Å². The van der Waals surface area contributed by atoms with Crippen LogP contribution in [0.1, 0.15) is 18.9 Å². The quantitative estimate of drug-likeness (QED) is 0.338. The van der Waals surface area contributed by atoms with Crippen molar-refractivity contribution in [2.45, 2.75) is 26.3 Å². The average molecular weight is 475 g/mol. The largest absolute Gasteiger partial charge is 0.481 e. The third kappa shape index (κ3) is 5.44. The van der Waals surface area contributed by atoms with Crippen molar-refractivity contribution in [3.05, 3.63) is 72.6 Å². The number of fused-ring (bicyclic) bond motifs is 1. The number of imidazole rings is 1. The van der Waals surface area contributed by atoms with Gasteiger partial charge in [0.25, 0.3) is 5.91 Å². The first-order valence-corrected chi connectivity index (χ1v) is 11.0. The average Bonchev–Trinajstić information content (AvgIpc) is 3.45. The summed E-state index contributed by atoms with van der Waals surface area (Å²) in [5.41, 5.74) is 2.07. The summed E-state index contributed by atoms with van der Waals surface area (Å²) in [5, 5.41) is 0.628. The van der Waals surface area contributed by atoms with Gasteiger partial charge in [-0.15, -0.1) is 12.4 Å². The molecule has 168 valence electrons. The molecule has 0 atom stereocenters. The Morgan fingerprint density at radius 2 is 2.06 bits per heavy atom. The van der Waals surface area contributed by atoms with Crippen LogP contribution in [0.3, 0.4) is 0 Å². The summed E-state index contributed by atoms with van der Waals surface area (Å²) < 4.78 is 22.3. The zero-order valence-corrected chi connectivity index (χ0v) is 19.2. The summed E-state index contributed by atoms with van der Waals surface area (Å²) in [6.45, 7) is 3.02. The second-order valence-electron chi connectivity index (χ2n) is 7.03. The zero-order chi connectivity index (χ0) is 21.6. The monoisotopic (exact) mass is 474 g/mol. The molecule has 2 heterocycles. The summed E-state index contributed by atoms with van der Waals surface area (Å²) in [6.07, 6.45) is 6.95. The molecule has 0 aliphatic carbocycles. The number of thiazole rings is 1. The van der Waals surface area contributed by atoms with Gasteiger partial charge in [-0.3, -0.25) is 9.69 Å². The second-order valence-corrected chi connectivity index (χ2v) is 8.04. The maximum absolute atomic E-state index is 13.9. The predicted octanol–water partition coefficient (Wildman–Crippen LogP) is 5.12. The summed E-state index contributed by atoms with van der Waals surface area (Å²) >= 11 is 1.48. The molecule has 0 radical (unpaired) electrons. The van der Waals surface area contributed by atoms with Crippen molar-refractivity contribution >= 4 is 45.0 Å². The Labute approximate surface area is 196 Å². The highest BCUT2D eigenvalue weighted by Gasteiger charge is 2.21. The minimum Gasteiger partial charge on any atom is -0.481 e. The molecule has 0 fully saturated rings. The number of hydrogen-bond acceptors (Lipinski definition) is 5. The third-order valence-electron chi connectivity index (χ3n) is 4.95. The van der Waals surface area contributed by atoms with Gasteiger partial charge in [-0.25, -0.2) is 14.4 Å². The molecule has 0 saturated carbocycles. The van der Waals surface area contributed by atoms with Crippen molar-refractivity contribution in [3.63, 3.8) is 0 Å². The summed E-state index contributed by atoms with van der Waals surface area (Å²) in [5.74, 6) is -0.688. The highest BCUT2D eigenvalue weighted by atomic mass is 35.5. The lowest BCUT2D eigenvalue weighted by Crippen LogP contribution is -2.36. The van der Waals surface area contributed by atoms with Crippen LogP contribution in [0.4, 0.5) is 9.52 Å². The van der Waals surface area contributed by atoms with Gasteiger partial charge in [-0.05, 0) is 36.6 Å². The molecule has 0 bridgehead atoms. The Morgan fingerprint density at radius 1 is 1.22 bits per heavy atom. The summed E-state index contributed by atoms with van der Waals surface area (Å²) in [4.78, 5) is 23.5. The van der Waals surface area contributed by atoms with E-state index in [0.29, 0.717) is 11.7 Å². The van der Waals surface area contributed by atoms with Gasteiger partial charge >= 0.3 is 0 Å². The van der Waals surface area contributed by atoms with Crippen LogP contribution in [0.25, 0.3) is 10.2 Å². The smallest absolute Gasteiger partial charge is 0.266 e. The number of anilines is 1. The maximum Gasteiger partial charge on any atom is 0.266 e. The molecule has 0 aliphatic heterocycles. The highest BCUT2D eigenvalue weighted by molar-refractivity contribution is 7.22. The van der Waals surface area contributed by atoms with Gasteiger partial charge in [0.1, 0.15) is 0 Å². The van der Waals surface area contributed by atoms with Crippen LogP contribution >= 0.6 is 23.7 Å². The first-order chi connectivity index (χ1) is 15.2. The maximum atomic E-state index is 13.9. The lowest BCUT2D eigenvalue weighted by atomic mass is 10.1. The molecular formula is C23H24ClFN4O2S. The number of aromatic nitrogens is 3. The number of aryl methyl sites for hydroxylation is 2. The predicted molar refractivity (Wildman–Crippen MR) is 127 cm³/mol. The zero-order valence-electron chi connectivity index (χ0n) is 17.6. The molecule has 32 heavy (non-hydrogen) atoms. The number of ether oxygens (including phenoxy) is 1. The fourth-order valence-corrected chi connectivity index (χ4v) is 4.39. The van der Waals surface area contributed by atoms with Gasteiger partial charge in [0, 0.05) is 25.5 Å². The van der Waals surface area contributed by atoms with Gasteiger partial charge < -0.3 is 9.30 Å². The van der Waals surface area contributed by atoms with E-state index in [2.05, 4.69) is 18.0 Å². The van der Waals surface area contributed by atoms with Crippen molar-refractivity contribution in [2.75, 3.05) is 18.1 Å². The molecule has 4 aromatic rings. The molecule has 1 amide bonds. The number of hydrogen-bond donors (Lipinski definition) is 0. The first kappa shape index (κ1) is 23.7. The van der Waals surface area contributed by atoms with Gasteiger partial charge in [0.15, 0.2) is 23.3 Å². The number of amides is 1. The molecule has 0 aliphatic rings. The Kier molecular flexibility index (Phi) is 8.19. The van der Waals surface area contributed by atoms with E-state index in [4.69, 9.17) is 9.72 Å². The van der Waals surface area contributed by atoms with Crippen LogP contribution in [0.2, 0.25) is 0 Å². The summed E-state index contributed by atoms with van der Waals surface area (Å²) in [7, 11) is 0. The van der Waals surface area contributed by atoms with Crippen molar-refractivity contribution in [1.29, 1.82) is 0 Å². The van der Waals surface area contributed by atoms with Gasteiger partial charge in [-0.2, -0.15) is 0 Å². The minimum absolute atomic E-state index is 0. The molecule has 0 saturated heterocycles. The standard InChI is InChI=1S/C23H23FN4O2S.ClH/c1-2-17-7-5-10-20-22(17)26-23(31-20)28(13-6-12-27-14-11-25-16-27)21(29)15-30-19-9-4-3-8-18(19)24;/h3-5,7-11,14,16H,2,6,12-13,15H2,1H3;1H. The SMILES string of the molecule is CCc1cccc2sc(N(CCCn3ccnc3)C(=O)COc3ccccc3F)nc12.Cl. The lowest BCUT2D eigenvalue weighted by Gasteiger charge is -2.20. The molecule has 4 rings (SSSR count). The second kappa shape index (κ2) is 11.1. The molecule has 2 aromatic carbocycles. The van der Waals surface area contributed by atoms with Crippen LogP contribution in [-0.4, -0.2) is 33.6 Å². The van der Waals surface area contributed by atoms with Gasteiger partial charge in [0.2, 0.25) is 0 Å².